The van der Waals surface area contributed by atoms with E-state index in [4.69, 9.17) is 5.11 Å². The van der Waals surface area contributed by atoms with E-state index in [1.807, 2.05) is 11.8 Å². The molecule has 0 aromatic rings. The summed E-state index contributed by atoms with van der Waals surface area (Å²) in [6.45, 7) is 2.27. The summed E-state index contributed by atoms with van der Waals surface area (Å²) in [5, 5.41) is 9.10. The molecular weight excluding hydrogens is 173 g/mol. The van der Waals surface area contributed by atoms with Gasteiger partial charge in [-0.05, 0) is 19.8 Å². The van der Waals surface area contributed by atoms with Crippen LogP contribution in [0.15, 0.2) is 0 Å². The number of aliphatic carboxylic acids is 1. The van der Waals surface area contributed by atoms with Gasteiger partial charge in [-0.1, -0.05) is 0 Å². The highest BCUT2D eigenvalue weighted by Crippen LogP contribution is 2.43. The standard InChI is InChI=1S/C9H14FNO2/c1-6-2-3-9(8(12)13)4-7(10)5-11(6)9/h6-7H,2-5H2,1H3,(H,12,13)/t6-,7+,9-/m0/s1. The highest BCUT2D eigenvalue weighted by molar-refractivity contribution is 5.80. The lowest BCUT2D eigenvalue weighted by Crippen LogP contribution is -2.47. The zero-order chi connectivity index (χ0) is 9.64. The molecule has 0 unspecified atom stereocenters. The highest BCUT2D eigenvalue weighted by atomic mass is 19.1. The molecule has 0 aromatic carbocycles. The zero-order valence-electron chi connectivity index (χ0n) is 7.66. The molecule has 13 heavy (non-hydrogen) atoms. The van der Waals surface area contributed by atoms with Gasteiger partial charge < -0.3 is 5.11 Å². The van der Waals surface area contributed by atoms with Crippen molar-refractivity contribution in [3.8, 4) is 0 Å². The summed E-state index contributed by atoms with van der Waals surface area (Å²) in [4.78, 5) is 12.9. The van der Waals surface area contributed by atoms with E-state index in [1.54, 1.807) is 0 Å². The Morgan fingerprint density at radius 1 is 1.69 bits per heavy atom. The fourth-order valence-electron chi connectivity index (χ4n) is 2.70. The largest absolute Gasteiger partial charge is 0.480 e. The predicted molar refractivity (Wildman–Crippen MR) is 45.3 cm³/mol. The first kappa shape index (κ1) is 8.94. The van der Waals surface area contributed by atoms with Crippen molar-refractivity contribution in [3.05, 3.63) is 0 Å². The van der Waals surface area contributed by atoms with Crippen molar-refractivity contribution >= 4 is 5.97 Å². The van der Waals surface area contributed by atoms with E-state index in [0.29, 0.717) is 13.0 Å². The first-order valence-electron chi connectivity index (χ1n) is 4.70. The molecule has 2 saturated heterocycles. The lowest BCUT2D eigenvalue weighted by Gasteiger charge is -2.28. The quantitative estimate of drug-likeness (QED) is 0.666. The summed E-state index contributed by atoms with van der Waals surface area (Å²) in [7, 11) is 0. The molecule has 0 spiro atoms. The molecule has 0 aromatic heterocycles. The molecule has 4 heteroatoms. The molecule has 2 aliphatic rings. The molecule has 0 bridgehead atoms. The molecule has 2 heterocycles. The van der Waals surface area contributed by atoms with Gasteiger partial charge >= 0.3 is 5.97 Å². The number of alkyl halides is 1. The minimum absolute atomic E-state index is 0.173. The van der Waals surface area contributed by atoms with Crippen molar-refractivity contribution in [3.63, 3.8) is 0 Å². The Bertz CT molecular complexity index is 246. The van der Waals surface area contributed by atoms with E-state index < -0.39 is 17.7 Å². The molecule has 74 valence electrons. The van der Waals surface area contributed by atoms with E-state index >= 15 is 0 Å². The Hall–Kier alpha value is -0.640. The summed E-state index contributed by atoms with van der Waals surface area (Å²) < 4.78 is 13.1. The molecule has 2 rings (SSSR count). The third kappa shape index (κ3) is 1.08. The molecule has 2 aliphatic heterocycles. The highest BCUT2D eigenvalue weighted by Gasteiger charge is 2.56. The Labute approximate surface area is 76.5 Å². The van der Waals surface area contributed by atoms with Crippen molar-refractivity contribution < 1.29 is 14.3 Å². The zero-order valence-corrected chi connectivity index (χ0v) is 7.66. The van der Waals surface area contributed by atoms with Crippen LogP contribution in [-0.2, 0) is 4.79 Å². The smallest absolute Gasteiger partial charge is 0.324 e. The molecule has 0 aliphatic carbocycles. The Balaban J connectivity index is 2.29. The van der Waals surface area contributed by atoms with Gasteiger partial charge in [0.2, 0.25) is 0 Å². The van der Waals surface area contributed by atoms with Crippen LogP contribution in [-0.4, -0.2) is 40.3 Å². The summed E-state index contributed by atoms with van der Waals surface area (Å²) in [6, 6.07) is 0.219. The van der Waals surface area contributed by atoms with Crippen LogP contribution in [0.1, 0.15) is 26.2 Å². The Morgan fingerprint density at radius 2 is 2.38 bits per heavy atom. The third-order valence-corrected chi connectivity index (χ3v) is 3.41. The normalized spacial score (nSPS) is 45.1. The Kier molecular flexibility index (Phi) is 1.84. The van der Waals surface area contributed by atoms with E-state index in [2.05, 4.69) is 0 Å². The monoisotopic (exact) mass is 187 g/mol. The second-order valence-electron chi connectivity index (χ2n) is 4.18. The summed E-state index contributed by atoms with van der Waals surface area (Å²) in [5.74, 6) is -0.850. The number of carbonyl (C=O) groups is 1. The average Bonchev–Trinajstić information content (AvgIpc) is 2.51. The molecule has 0 saturated carbocycles. The first-order valence-corrected chi connectivity index (χ1v) is 4.70. The molecular formula is C9H14FNO2. The predicted octanol–water partition coefficient (Wildman–Crippen LogP) is 1.04. The topological polar surface area (TPSA) is 40.5 Å². The van der Waals surface area contributed by atoms with Gasteiger partial charge in [-0.15, -0.1) is 0 Å². The second-order valence-corrected chi connectivity index (χ2v) is 4.18. The van der Waals surface area contributed by atoms with Crippen LogP contribution in [0, 0.1) is 0 Å². The van der Waals surface area contributed by atoms with E-state index in [-0.39, 0.29) is 12.5 Å². The number of nitrogens with zero attached hydrogens (tertiary/aromatic N) is 1. The van der Waals surface area contributed by atoms with Crippen molar-refractivity contribution in [1.29, 1.82) is 0 Å². The molecule has 3 nitrogen and oxygen atoms in total. The molecule has 1 N–H and O–H groups in total. The minimum atomic E-state index is -0.959. The SMILES string of the molecule is C[C@H]1CC[C@@]2(C(=O)O)C[C@@H](F)CN12. The van der Waals surface area contributed by atoms with E-state index in [0.717, 1.165) is 6.42 Å². The second kappa shape index (κ2) is 2.67. The molecule has 0 amide bonds. The lowest BCUT2D eigenvalue weighted by atomic mass is 9.94. The average molecular weight is 187 g/mol. The number of hydrogen-bond donors (Lipinski definition) is 1. The van der Waals surface area contributed by atoms with Gasteiger partial charge in [-0.25, -0.2) is 4.39 Å². The number of halogens is 1. The van der Waals surface area contributed by atoms with Gasteiger partial charge in [0.25, 0.3) is 0 Å². The fourth-order valence-corrected chi connectivity index (χ4v) is 2.70. The molecule has 0 radical (unpaired) electrons. The number of fused-ring (bicyclic) bond motifs is 1. The maximum absolute atomic E-state index is 13.1. The summed E-state index contributed by atoms with van der Waals surface area (Å²) in [6.07, 6.45) is 0.689. The number of carboxylic acids is 1. The Morgan fingerprint density at radius 3 is 2.92 bits per heavy atom. The van der Waals surface area contributed by atoms with Crippen LogP contribution in [0.2, 0.25) is 0 Å². The summed E-state index contributed by atoms with van der Waals surface area (Å²) in [5.41, 5.74) is -0.876. The number of carboxylic acid groups (broad SMARTS) is 1. The lowest BCUT2D eigenvalue weighted by molar-refractivity contribution is -0.148. The summed E-state index contributed by atoms with van der Waals surface area (Å²) >= 11 is 0. The van der Waals surface area contributed by atoms with Gasteiger partial charge in [0.05, 0.1) is 0 Å². The van der Waals surface area contributed by atoms with Crippen molar-refractivity contribution in [2.75, 3.05) is 6.54 Å². The molecule has 2 fully saturated rings. The minimum Gasteiger partial charge on any atom is -0.480 e. The van der Waals surface area contributed by atoms with Crippen LogP contribution in [0.3, 0.4) is 0 Å². The van der Waals surface area contributed by atoms with Gasteiger partial charge in [0.15, 0.2) is 0 Å². The van der Waals surface area contributed by atoms with Crippen molar-refractivity contribution in [2.45, 2.75) is 43.9 Å². The van der Waals surface area contributed by atoms with Crippen LogP contribution in [0.4, 0.5) is 4.39 Å². The van der Waals surface area contributed by atoms with Gasteiger partial charge in [-0.2, -0.15) is 0 Å². The number of hydrogen-bond acceptors (Lipinski definition) is 2. The van der Waals surface area contributed by atoms with Gasteiger partial charge in [-0.3, -0.25) is 9.69 Å². The van der Waals surface area contributed by atoms with Crippen LogP contribution in [0.25, 0.3) is 0 Å². The van der Waals surface area contributed by atoms with Crippen LogP contribution < -0.4 is 0 Å². The van der Waals surface area contributed by atoms with E-state index in [1.165, 1.54) is 0 Å². The van der Waals surface area contributed by atoms with Crippen molar-refractivity contribution in [1.82, 2.24) is 4.90 Å². The van der Waals surface area contributed by atoms with Crippen LogP contribution in [0.5, 0.6) is 0 Å². The van der Waals surface area contributed by atoms with Crippen molar-refractivity contribution in [2.24, 2.45) is 0 Å². The van der Waals surface area contributed by atoms with Gasteiger partial charge in [0.1, 0.15) is 11.7 Å². The maximum Gasteiger partial charge on any atom is 0.324 e. The molecule has 3 atom stereocenters. The van der Waals surface area contributed by atoms with Crippen LogP contribution >= 0.6 is 0 Å². The van der Waals surface area contributed by atoms with E-state index in [9.17, 15) is 9.18 Å². The fraction of sp³-hybridized carbons (Fsp3) is 0.889. The van der Waals surface area contributed by atoms with Gasteiger partial charge in [0, 0.05) is 19.0 Å². The maximum atomic E-state index is 13.1. The number of rotatable bonds is 1. The first-order chi connectivity index (χ1) is 6.06. The third-order valence-electron chi connectivity index (χ3n) is 3.41.